The third-order valence-corrected chi connectivity index (χ3v) is 3.17. The van der Waals surface area contributed by atoms with Gasteiger partial charge in [0, 0.05) is 23.6 Å². The van der Waals surface area contributed by atoms with E-state index < -0.39 is 17.7 Å². The molecule has 0 fully saturated rings. The van der Waals surface area contributed by atoms with E-state index in [0.717, 1.165) is 12.1 Å². The van der Waals surface area contributed by atoms with Gasteiger partial charge in [-0.1, -0.05) is 11.6 Å². The van der Waals surface area contributed by atoms with Crippen molar-refractivity contribution in [1.29, 1.82) is 0 Å². The first kappa shape index (κ1) is 14.8. The van der Waals surface area contributed by atoms with Crippen LogP contribution in [0.25, 0.3) is 10.9 Å². The van der Waals surface area contributed by atoms with Gasteiger partial charge in [-0.2, -0.15) is 13.2 Å². The van der Waals surface area contributed by atoms with Crippen molar-refractivity contribution in [3.8, 4) is 0 Å². The summed E-state index contributed by atoms with van der Waals surface area (Å²) in [5.74, 6) is -0.727. The van der Waals surface area contributed by atoms with Crippen LogP contribution in [0.3, 0.4) is 0 Å². The summed E-state index contributed by atoms with van der Waals surface area (Å²) in [5, 5.41) is 3.16. The SMILES string of the molecule is CCNc1c(C)c(C(F)(F)F)nc2cc(F)cc(Cl)c12. The number of alkyl halides is 3. The maximum Gasteiger partial charge on any atom is 0.433 e. The Morgan fingerprint density at radius 3 is 2.50 bits per heavy atom. The van der Waals surface area contributed by atoms with Gasteiger partial charge in [0.05, 0.1) is 16.2 Å². The molecule has 0 aliphatic rings. The van der Waals surface area contributed by atoms with Gasteiger partial charge in [0.1, 0.15) is 11.5 Å². The fourth-order valence-corrected chi connectivity index (χ4v) is 2.38. The maximum absolute atomic E-state index is 13.3. The summed E-state index contributed by atoms with van der Waals surface area (Å²) in [6.45, 7) is 3.47. The number of benzene rings is 1. The number of nitrogens with one attached hydrogen (secondary N) is 1. The van der Waals surface area contributed by atoms with Crippen LogP contribution in [0.2, 0.25) is 5.02 Å². The lowest BCUT2D eigenvalue weighted by Gasteiger charge is -2.17. The zero-order valence-corrected chi connectivity index (χ0v) is 11.5. The van der Waals surface area contributed by atoms with Gasteiger partial charge < -0.3 is 5.32 Å². The first-order valence-electron chi connectivity index (χ1n) is 5.86. The first-order valence-corrected chi connectivity index (χ1v) is 6.24. The molecule has 7 heteroatoms. The smallest absolute Gasteiger partial charge is 0.384 e. The van der Waals surface area contributed by atoms with E-state index in [4.69, 9.17) is 11.6 Å². The Bertz CT molecular complexity index is 668. The van der Waals surface area contributed by atoms with Crippen molar-refractivity contribution in [3.05, 3.63) is 34.2 Å². The van der Waals surface area contributed by atoms with Crippen LogP contribution in [0.1, 0.15) is 18.2 Å². The Hall–Kier alpha value is -1.56. The molecule has 108 valence electrons. The van der Waals surface area contributed by atoms with Crippen molar-refractivity contribution < 1.29 is 17.6 Å². The molecule has 0 saturated heterocycles. The van der Waals surface area contributed by atoms with Crippen LogP contribution in [0.5, 0.6) is 0 Å². The molecule has 20 heavy (non-hydrogen) atoms. The summed E-state index contributed by atoms with van der Waals surface area (Å²) >= 11 is 5.94. The number of aromatic nitrogens is 1. The molecular formula is C13H11ClF4N2. The number of hydrogen-bond acceptors (Lipinski definition) is 2. The molecule has 0 radical (unpaired) electrons. The molecule has 1 aromatic carbocycles. The number of rotatable bonds is 2. The predicted octanol–water partition coefficient (Wildman–Crippen LogP) is 4.79. The summed E-state index contributed by atoms with van der Waals surface area (Å²) in [6.07, 6.45) is -4.61. The van der Waals surface area contributed by atoms with Crippen molar-refractivity contribution in [1.82, 2.24) is 4.98 Å². The highest BCUT2D eigenvalue weighted by Gasteiger charge is 2.36. The van der Waals surface area contributed by atoms with E-state index in [1.54, 1.807) is 6.92 Å². The zero-order valence-electron chi connectivity index (χ0n) is 10.7. The minimum Gasteiger partial charge on any atom is -0.384 e. The van der Waals surface area contributed by atoms with Gasteiger partial charge in [0.15, 0.2) is 0 Å². The van der Waals surface area contributed by atoms with Crippen LogP contribution in [0.4, 0.5) is 23.2 Å². The summed E-state index contributed by atoms with van der Waals surface area (Å²) in [5.41, 5.74) is -0.985. The van der Waals surface area contributed by atoms with Crippen molar-refractivity contribution in [3.63, 3.8) is 0 Å². The molecule has 0 amide bonds. The summed E-state index contributed by atoms with van der Waals surface area (Å²) in [4.78, 5) is 3.52. The van der Waals surface area contributed by atoms with E-state index in [1.165, 1.54) is 6.92 Å². The number of pyridine rings is 1. The monoisotopic (exact) mass is 306 g/mol. The van der Waals surface area contributed by atoms with Crippen LogP contribution in [-0.4, -0.2) is 11.5 Å². The number of anilines is 1. The third-order valence-electron chi connectivity index (χ3n) is 2.87. The van der Waals surface area contributed by atoms with Gasteiger partial charge in [-0.25, -0.2) is 9.37 Å². The lowest BCUT2D eigenvalue weighted by molar-refractivity contribution is -0.141. The van der Waals surface area contributed by atoms with E-state index in [2.05, 4.69) is 10.3 Å². The molecule has 0 unspecified atom stereocenters. The molecule has 0 saturated carbocycles. The van der Waals surface area contributed by atoms with Gasteiger partial charge in [-0.05, 0) is 19.9 Å². The summed E-state index contributed by atoms with van der Waals surface area (Å²) in [6, 6.07) is 2.00. The molecule has 2 aromatic rings. The van der Waals surface area contributed by atoms with Gasteiger partial charge in [0.25, 0.3) is 0 Å². The highest BCUT2D eigenvalue weighted by atomic mass is 35.5. The Morgan fingerprint density at radius 1 is 1.30 bits per heavy atom. The molecule has 0 aliphatic carbocycles. The Kier molecular flexibility index (Phi) is 3.77. The van der Waals surface area contributed by atoms with Crippen molar-refractivity contribution in [2.75, 3.05) is 11.9 Å². The number of halogens is 5. The average molecular weight is 307 g/mol. The van der Waals surface area contributed by atoms with E-state index in [-0.39, 0.29) is 21.8 Å². The molecule has 1 N–H and O–H groups in total. The summed E-state index contributed by atoms with van der Waals surface area (Å²) < 4.78 is 52.3. The van der Waals surface area contributed by atoms with Crippen LogP contribution in [0, 0.1) is 12.7 Å². The Labute approximate surface area is 117 Å². The zero-order chi connectivity index (χ0) is 15.1. The van der Waals surface area contributed by atoms with Gasteiger partial charge in [-0.3, -0.25) is 0 Å². The van der Waals surface area contributed by atoms with Crippen LogP contribution in [-0.2, 0) is 6.18 Å². The van der Waals surface area contributed by atoms with Gasteiger partial charge in [0.2, 0.25) is 0 Å². The van der Waals surface area contributed by atoms with E-state index in [9.17, 15) is 17.6 Å². The topological polar surface area (TPSA) is 24.9 Å². The summed E-state index contributed by atoms with van der Waals surface area (Å²) in [7, 11) is 0. The number of fused-ring (bicyclic) bond motifs is 1. The Morgan fingerprint density at radius 2 is 1.95 bits per heavy atom. The van der Waals surface area contributed by atoms with E-state index >= 15 is 0 Å². The number of nitrogens with zero attached hydrogens (tertiary/aromatic N) is 1. The minimum atomic E-state index is -4.61. The van der Waals surface area contributed by atoms with Crippen molar-refractivity contribution in [2.24, 2.45) is 0 Å². The molecule has 0 bridgehead atoms. The van der Waals surface area contributed by atoms with Crippen LogP contribution < -0.4 is 5.32 Å². The fourth-order valence-electron chi connectivity index (χ4n) is 2.08. The lowest BCUT2D eigenvalue weighted by Crippen LogP contribution is -2.13. The van der Waals surface area contributed by atoms with Crippen molar-refractivity contribution in [2.45, 2.75) is 20.0 Å². The Balaban J connectivity index is 2.91. The molecule has 1 heterocycles. The second-order valence-corrected chi connectivity index (χ2v) is 4.68. The standard InChI is InChI=1S/C13H11ClF4N2/c1-3-19-11-6(2)12(13(16,17)18)20-9-5-7(15)4-8(14)10(9)11/h4-5H,3H2,1-2H3,(H,19,20). The second-order valence-electron chi connectivity index (χ2n) is 4.27. The quantitative estimate of drug-likeness (QED) is 0.807. The number of hydrogen-bond donors (Lipinski definition) is 1. The second kappa shape index (κ2) is 5.09. The molecular weight excluding hydrogens is 296 g/mol. The minimum absolute atomic E-state index is 0.0280. The van der Waals surface area contributed by atoms with Gasteiger partial charge in [-0.15, -0.1) is 0 Å². The van der Waals surface area contributed by atoms with Crippen molar-refractivity contribution >= 4 is 28.2 Å². The van der Waals surface area contributed by atoms with Crippen LogP contribution in [0.15, 0.2) is 12.1 Å². The normalized spacial score (nSPS) is 11.9. The van der Waals surface area contributed by atoms with E-state index in [0.29, 0.717) is 11.9 Å². The molecule has 0 aliphatic heterocycles. The molecule has 0 spiro atoms. The van der Waals surface area contributed by atoms with Gasteiger partial charge >= 0.3 is 6.18 Å². The molecule has 0 atom stereocenters. The molecule has 2 nitrogen and oxygen atoms in total. The lowest BCUT2D eigenvalue weighted by atomic mass is 10.1. The first-order chi connectivity index (χ1) is 9.25. The highest BCUT2D eigenvalue weighted by Crippen LogP contribution is 2.39. The maximum atomic E-state index is 13.3. The van der Waals surface area contributed by atoms with Crippen LogP contribution >= 0.6 is 11.6 Å². The average Bonchev–Trinajstić information content (AvgIpc) is 2.30. The fraction of sp³-hybridized carbons (Fsp3) is 0.308. The molecule has 2 rings (SSSR count). The highest BCUT2D eigenvalue weighted by molar-refractivity contribution is 6.36. The predicted molar refractivity (Wildman–Crippen MR) is 70.6 cm³/mol. The third kappa shape index (κ3) is 2.52. The van der Waals surface area contributed by atoms with E-state index in [1.807, 2.05) is 0 Å². The largest absolute Gasteiger partial charge is 0.433 e. The molecule has 1 aromatic heterocycles.